The van der Waals surface area contributed by atoms with Crippen LogP contribution < -0.4 is 0 Å². The Morgan fingerprint density at radius 2 is 1.76 bits per heavy atom. The van der Waals surface area contributed by atoms with Crippen molar-refractivity contribution in [1.29, 1.82) is 0 Å². The van der Waals surface area contributed by atoms with Crippen LogP contribution in [0.4, 0.5) is 0 Å². The molecule has 1 aromatic heterocycles. The standard InChI is InChI=1S/C20H26N6O3/c27-19(25-10-12-29-13-11-25)17-6-8-24(9-7-17)20(28)18(26-15-21-22-23-26)14-16-4-2-1-3-5-16/h1-5,15,17-18H,6-14H2/t18-/m1/s1. The van der Waals surface area contributed by atoms with Gasteiger partial charge < -0.3 is 14.5 Å². The maximum absolute atomic E-state index is 13.3. The van der Waals surface area contributed by atoms with E-state index in [-0.39, 0.29) is 17.7 Å². The van der Waals surface area contributed by atoms with E-state index < -0.39 is 6.04 Å². The summed E-state index contributed by atoms with van der Waals surface area (Å²) in [6, 6.07) is 9.38. The van der Waals surface area contributed by atoms with Crippen LogP contribution >= 0.6 is 0 Å². The third-order valence-corrected chi connectivity index (χ3v) is 5.72. The molecular formula is C20H26N6O3. The molecule has 9 nitrogen and oxygen atoms in total. The predicted molar refractivity (Wildman–Crippen MR) is 104 cm³/mol. The van der Waals surface area contributed by atoms with E-state index in [1.807, 2.05) is 40.1 Å². The minimum absolute atomic E-state index is 0.00146. The van der Waals surface area contributed by atoms with Gasteiger partial charge in [0.2, 0.25) is 11.8 Å². The van der Waals surface area contributed by atoms with Crippen LogP contribution in [0.1, 0.15) is 24.4 Å². The fourth-order valence-electron chi connectivity index (χ4n) is 4.04. The smallest absolute Gasteiger partial charge is 0.247 e. The number of morpholine rings is 1. The summed E-state index contributed by atoms with van der Waals surface area (Å²) in [5, 5.41) is 11.4. The highest BCUT2D eigenvalue weighted by molar-refractivity contribution is 5.82. The monoisotopic (exact) mass is 398 g/mol. The van der Waals surface area contributed by atoms with Crippen LogP contribution in [0.25, 0.3) is 0 Å². The first kappa shape index (κ1) is 19.5. The van der Waals surface area contributed by atoms with Crippen LogP contribution in [0.2, 0.25) is 0 Å². The highest BCUT2D eigenvalue weighted by Gasteiger charge is 2.34. The zero-order valence-electron chi connectivity index (χ0n) is 16.4. The number of rotatable bonds is 5. The van der Waals surface area contributed by atoms with E-state index in [0.29, 0.717) is 58.7 Å². The Labute approximate surface area is 169 Å². The SMILES string of the molecule is O=C(C1CCN(C(=O)[C@@H](Cc2ccccc2)n2cnnn2)CC1)N1CCOCC1. The van der Waals surface area contributed by atoms with Crippen molar-refractivity contribution in [2.45, 2.75) is 25.3 Å². The number of amides is 2. The Hall–Kier alpha value is -2.81. The van der Waals surface area contributed by atoms with Gasteiger partial charge in [-0.1, -0.05) is 30.3 Å². The van der Waals surface area contributed by atoms with Crippen LogP contribution in [0.3, 0.4) is 0 Å². The molecule has 0 saturated carbocycles. The third kappa shape index (κ3) is 4.61. The average Bonchev–Trinajstić information content (AvgIpc) is 3.32. The summed E-state index contributed by atoms with van der Waals surface area (Å²) >= 11 is 0. The van der Waals surface area contributed by atoms with Crippen molar-refractivity contribution in [2.24, 2.45) is 5.92 Å². The zero-order chi connectivity index (χ0) is 20.1. The molecule has 9 heteroatoms. The Balaban J connectivity index is 1.39. The van der Waals surface area contributed by atoms with Gasteiger partial charge in [0.05, 0.1) is 13.2 Å². The van der Waals surface area contributed by atoms with E-state index in [0.717, 1.165) is 5.56 Å². The number of aromatic nitrogens is 4. The summed E-state index contributed by atoms with van der Waals surface area (Å²) in [4.78, 5) is 29.7. The van der Waals surface area contributed by atoms with E-state index in [4.69, 9.17) is 4.74 Å². The van der Waals surface area contributed by atoms with Gasteiger partial charge in [-0.15, -0.1) is 5.10 Å². The second-order valence-corrected chi connectivity index (χ2v) is 7.53. The van der Waals surface area contributed by atoms with Gasteiger partial charge in [0, 0.05) is 38.5 Å². The summed E-state index contributed by atoms with van der Waals surface area (Å²) < 4.78 is 6.86. The largest absolute Gasteiger partial charge is 0.378 e. The van der Waals surface area contributed by atoms with Gasteiger partial charge in [-0.2, -0.15) is 0 Å². The van der Waals surface area contributed by atoms with Crippen LogP contribution in [0.15, 0.2) is 36.7 Å². The number of hydrogen-bond donors (Lipinski definition) is 0. The van der Waals surface area contributed by atoms with Crippen LogP contribution in [-0.4, -0.2) is 81.2 Å². The van der Waals surface area contributed by atoms with Gasteiger partial charge in [-0.05, 0) is 28.8 Å². The van der Waals surface area contributed by atoms with Gasteiger partial charge >= 0.3 is 0 Å². The summed E-state index contributed by atoms with van der Waals surface area (Å²) in [5.41, 5.74) is 1.05. The summed E-state index contributed by atoms with van der Waals surface area (Å²) in [5.74, 6) is 0.179. The molecule has 0 N–H and O–H groups in total. The molecule has 154 valence electrons. The maximum atomic E-state index is 13.3. The lowest BCUT2D eigenvalue weighted by atomic mass is 9.94. The molecule has 2 amide bonds. The van der Waals surface area contributed by atoms with E-state index >= 15 is 0 Å². The second-order valence-electron chi connectivity index (χ2n) is 7.53. The molecule has 29 heavy (non-hydrogen) atoms. The number of tetrazole rings is 1. The molecule has 2 aromatic rings. The number of likely N-dealkylation sites (tertiary alicyclic amines) is 1. The fraction of sp³-hybridized carbons (Fsp3) is 0.550. The lowest BCUT2D eigenvalue weighted by Crippen LogP contribution is -2.48. The third-order valence-electron chi connectivity index (χ3n) is 5.72. The number of carbonyl (C=O) groups excluding carboxylic acids is 2. The van der Waals surface area contributed by atoms with Crippen molar-refractivity contribution in [3.63, 3.8) is 0 Å². The summed E-state index contributed by atoms with van der Waals surface area (Å²) in [6.07, 6.45) is 3.39. The molecule has 3 heterocycles. The topological polar surface area (TPSA) is 93.5 Å². The average molecular weight is 398 g/mol. The highest BCUT2D eigenvalue weighted by Crippen LogP contribution is 2.24. The number of nitrogens with zero attached hydrogens (tertiary/aromatic N) is 6. The number of carbonyl (C=O) groups is 2. The number of benzene rings is 1. The van der Waals surface area contributed by atoms with Crippen molar-refractivity contribution in [2.75, 3.05) is 39.4 Å². The van der Waals surface area contributed by atoms with Gasteiger partial charge in [-0.3, -0.25) is 9.59 Å². The molecule has 1 atom stereocenters. The number of ether oxygens (including phenoxy) is 1. The second kappa shape index (κ2) is 9.13. The lowest BCUT2D eigenvalue weighted by molar-refractivity contribution is -0.144. The Bertz CT molecular complexity index is 799. The van der Waals surface area contributed by atoms with Crippen LogP contribution in [-0.2, 0) is 20.7 Å². The van der Waals surface area contributed by atoms with Gasteiger partial charge in [0.15, 0.2) is 0 Å². The van der Waals surface area contributed by atoms with Crippen molar-refractivity contribution in [3.8, 4) is 0 Å². The van der Waals surface area contributed by atoms with Gasteiger partial charge in [-0.25, -0.2) is 4.68 Å². The molecule has 0 spiro atoms. The summed E-state index contributed by atoms with van der Waals surface area (Å²) in [7, 11) is 0. The Morgan fingerprint density at radius 3 is 2.41 bits per heavy atom. The Kier molecular flexibility index (Phi) is 6.14. The zero-order valence-corrected chi connectivity index (χ0v) is 16.4. The molecule has 1 aromatic carbocycles. The maximum Gasteiger partial charge on any atom is 0.247 e. The molecule has 2 aliphatic heterocycles. The molecule has 2 fully saturated rings. The molecule has 0 bridgehead atoms. The number of piperidine rings is 1. The highest BCUT2D eigenvalue weighted by atomic mass is 16.5. The molecule has 2 aliphatic rings. The number of hydrogen-bond acceptors (Lipinski definition) is 6. The summed E-state index contributed by atoms with van der Waals surface area (Å²) in [6.45, 7) is 3.69. The van der Waals surface area contributed by atoms with Gasteiger partial charge in [0.1, 0.15) is 12.4 Å². The molecule has 0 aliphatic carbocycles. The normalized spacial score (nSPS) is 19.2. The van der Waals surface area contributed by atoms with Gasteiger partial charge in [0.25, 0.3) is 0 Å². The molecule has 0 unspecified atom stereocenters. The molecule has 0 radical (unpaired) electrons. The fourth-order valence-corrected chi connectivity index (χ4v) is 4.04. The van der Waals surface area contributed by atoms with E-state index in [9.17, 15) is 9.59 Å². The first-order valence-electron chi connectivity index (χ1n) is 10.1. The van der Waals surface area contributed by atoms with Crippen molar-refractivity contribution >= 4 is 11.8 Å². The minimum Gasteiger partial charge on any atom is -0.378 e. The van der Waals surface area contributed by atoms with Crippen molar-refractivity contribution in [1.82, 2.24) is 30.0 Å². The molecule has 2 saturated heterocycles. The first-order valence-corrected chi connectivity index (χ1v) is 10.1. The van der Waals surface area contributed by atoms with Crippen LogP contribution in [0, 0.1) is 5.92 Å². The Morgan fingerprint density at radius 1 is 1.03 bits per heavy atom. The van der Waals surface area contributed by atoms with Crippen molar-refractivity contribution in [3.05, 3.63) is 42.2 Å². The molecular weight excluding hydrogens is 372 g/mol. The quantitative estimate of drug-likeness (QED) is 0.730. The van der Waals surface area contributed by atoms with E-state index in [1.54, 1.807) is 0 Å². The lowest BCUT2D eigenvalue weighted by Gasteiger charge is -2.36. The van der Waals surface area contributed by atoms with Crippen LogP contribution in [0.5, 0.6) is 0 Å². The predicted octanol–water partition coefficient (Wildman–Crippen LogP) is 0.554. The first-order chi connectivity index (χ1) is 14.2. The molecule has 4 rings (SSSR count). The van der Waals surface area contributed by atoms with E-state index in [2.05, 4.69) is 15.5 Å². The minimum atomic E-state index is -0.487. The van der Waals surface area contributed by atoms with Crippen molar-refractivity contribution < 1.29 is 14.3 Å². The van der Waals surface area contributed by atoms with E-state index in [1.165, 1.54) is 11.0 Å².